The van der Waals surface area contributed by atoms with Gasteiger partial charge in [0.25, 0.3) is 0 Å². The standard InChI is InChI=1S/C49H59FN10O7S/c1-8-11-39-51-24-38(68-39)47-60-33-15-14-27(31-22-52-43(54-31)34-12-9-16-58(34)45(61)41(25(2)3)56-48(63)65-6)18-29(33)20-36(60)40-30(50)19-28(21-37(40)67-47)32-23-53-44(55-32)35-13-10-17-59(35)46(62)42(26(4)5)57-49(64)66-7/h14-15,18-26,34-35,41-42,46-47,62H,8-13,16-17H2,1-7H3,(H,52,54)(H,53,55)(H,56,63)(H,57,64)/t34-,35?,41?,42-,46?,47?/m0/s1. The number of thiazole rings is 1. The van der Waals surface area contributed by atoms with Gasteiger partial charge in [-0.05, 0) is 80.7 Å². The van der Waals surface area contributed by atoms with Crippen LogP contribution in [-0.4, -0.2) is 108 Å². The lowest BCUT2D eigenvalue weighted by Gasteiger charge is -2.35. The zero-order valence-corrected chi connectivity index (χ0v) is 40.2. The molecule has 3 amide bonds. The molecule has 2 aromatic carbocycles. The van der Waals surface area contributed by atoms with E-state index in [2.05, 4.69) is 27.5 Å². The third-order valence-corrected chi connectivity index (χ3v) is 14.5. The Morgan fingerprint density at radius 3 is 2.28 bits per heavy atom. The quantitative estimate of drug-likeness (QED) is 0.0701. The number of hydrogen-bond donors (Lipinski definition) is 5. The summed E-state index contributed by atoms with van der Waals surface area (Å²) in [6.45, 7) is 10.9. The van der Waals surface area contributed by atoms with Crippen molar-refractivity contribution in [2.45, 2.75) is 110 Å². The number of benzene rings is 2. The van der Waals surface area contributed by atoms with Crippen LogP contribution in [0.5, 0.6) is 5.75 Å². The number of hydrogen-bond acceptors (Lipinski definition) is 12. The zero-order chi connectivity index (χ0) is 48.0. The number of likely N-dealkylation sites (tertiary alicyclic amines) is 2. The first-order valence-electron chi connectivity index (χ1n) is 23.4. The Morgan fingerprint density at radius 1 is 0.882 bits per heavy atom. The molecule has 2 fully saturated rings. The molecule has 6 aromatic rings. The Kier molecular flexibility index (Phi) is 13.3. The lowest BCUT2D eigenvalue weighted by atomic mass is 10.0. The molecule has 4 aromatic heterocycles. The molecule has 3 aliphatic rings. The van der Waals surface area contributed by atoms with Gasteiger partial charge in [-0.25, -0.2) is 28.9 Å². The fraction of sp³-hybridized carbons (Fsp3) is 0.469. The number of methoxy groups -OCH3 is 2. The van der Waals surface area contributed by atoms with Gasteiger partial charge in [0.1, 0.15) is 35.5 Å². The maximum atomic E-state index is 16.9. The number of carbonyl (C=O) groups excluding carboxylic acids is 3. The number of aromatic nitrogens is 6. The van der Waals surface area contributed by atoms with Crippen molar-refractivity contribution in [3.05, 3.63) is 82.3 Å². The van der Waals surface area contributed by atoms with Crippen LogP contribution in [0.25, 0.3) is 44.7 Å². The highest BCUT2D eigenvalue weighted by Gasteiger charge is 2.40. The molecule has 2 saturated heterocycles. The van der Waals surface area contributed by atoms with Crippen molar-refractivity contribution in [1.29, 1.82) is 0 Å². The van der Waals surface area contributed by atoms with Gasteiger partial charge in [0.2, 0.25) is 12.1 Å². The summed E-state index contributed by atoms with van der Waals surface area (Å²) in [7, 11) is 2.57. The van der Waals surface area contributed by atoms with Crippen molar-refractivity contribution in [2.75, 3.05) is 27.3 Å². The summed E-state index contributed by atoms with van der Waals surface area (Å²) in [6, 6.07) is 9.52. The van der Waals surface area contributed by atoms with Crippen LogP contribution in [0.4, 0.5) is 14.0 Å². The number of aliphatic hydroxyl groups is 1. The molecule has 6 atom stereocenters. The minimum absolute atomic E-state index is 0.0788. The van der Waals surface area contributed by atoms with Crippen molar-refractivity contribution in [3.63, 3.8) is 0 Å². The summed E-state index contributed by atoms with van der Waals surface area (Å²) < 4.78 is 35.4. The highest BCUT2D eigenvalue weighted by atomic mass is 32.1. The van der Waals surface area contributed by atoms with Crippen molar-refractivity contribution in [1.82, 2.24) is 49.9 Å². The fourth-order valence-electron chi connectivity index (χ4n) is 9.94. The number of imidazole rings is 2. The SMILES string of the molecule is CCCc1ncc(C2Oc3cc(-c4cnc(C5CCCN5C(O)[C@@H](NC(=O)OC)C(C)C)[nH]4)cc(F)c3-c3cc4cc(-c5cnc([C@@H]6CCCN6C(=O)C(NC(=O)OC)C(C)C)[nH]5)ccc4n32)s1. The van der Waals surface area contributed by atoms with Gasteiger partial charge in [-0.1, -0.05) is 40.7 Å². The molecule has 4 unspecified atom stereocenters. The molecule has 5 N–H and O–H groups in total. The highest BCUT2D eigenvalue weighted by Crippen LogP contribution is 2.48. The summed E-state index contributed by atoms with van der Waals surface area (Å²) in [5.74, 6) is 0.791. The van der Waals surface area contributed by atoms with Crippen LogP contribution in [0.1, 0.15) is 107 Å². The third-order valence-electron chi connectivity index (χ3n) is 13.4. The van der Waals surface area contributed by atoms with Crippen LogP contribution in [0.2, 0.25) is 0 Å². The van der Waals surface area contributed by atoms with E-state index in [0.717, 1.165) is 70.6 Å². The first-order chi connectivity index (χ1) is 32.8. The van der Waals surface area contributed by atoms with Gasteiger partial charge >= 0.3 is 12.2 Å². The number of halogens is 1. The summed E-state index contributed by atoms with van der Waals surface area (Å²) in [5, 5.41) is 18.9. The third kappa shape index (κ3) is 8.82. The number of nitrogens with one attached hydrogen (secondary N) is 4. The summed E-state index contributed by atoms with van der Waals surface area (Å²) >= 11 is 1.58. The van der Waals surface area contributed by atoms with E-state index >= 15 is 4.39 Å². The second-order valence-electron chi connectivity index (χ2n) is 18.5. The Labute approximate surface area is 397 Å². The highest BCUT2D eigenvalue weighted by molar-refractivity contribution is 7.11. The molecule has 360 valence electrons. The van der Waals surface area contributed by atoms with Gasteiger partial charge in [0.05, 0.1) is 82.8 Å². The first kappa shape index (κ1) is 46.8. The number of rotatable bonds is 14. The Balaban J connectivity index is 1.03. The lowest BCUT2D eigenvalue weighted by Crippen LogP contribution is -2.54. The molecule has 68 heavy (non-hydrogen) atoms. The number of alkyl carbamates (subject to hydrolysis) is 2. The first-order valence-corrected chi connectivity index (χ1v) is 24.2. The second-order valence-corrected chi connectivity index (χ2v) is 19.7. The van der Waals surface area contributed by atoms with E-state index in [9.17, 15) is 19.5 Å². The number of H-pyrrole nitrogens is 2. The van der Waals surface area contributed by atoms with Crippen LogP contribution < -0.4 is 15.4 Å². The smallest absolute Gasteiger partial charge is 0.407 e. The second kappa shape index (κ2) is 19.4. The van der Waals surface area contributed by atoms with Crippen molar-refractivity contribution in [3.8, 4) is 39.5 Å². The van der Waals surface area contributed by atoms with E-state index < -0.39 is 42.5 Å². The number of fused-ring (bicyclic) bond motifs is 5. The molecule has 0 radical (unpaired) electrons. The number of aromatic amines is 2. The van der Waals surface area contributed by atoms with E-state index in [4.69, 9.17) is 29.2 Å². The molecule has 9 rings (SSSR count). The maximum absolute atomic E-state index is 16.9. The molecule has 7 heterocycles. The van der Waals surface area contributed by atoms with Gasteiger partial charge in [0, 0.05) is 35.8 Å². The number of carbonyl (C=O) groups is 3. The van der Waals surface area contributed by atoms with Crippen LogP contribution in [0, 0.1) is 17.7 Å². The van der Waals surface area contributed by atoms with Crippen molar-refractivity contribution < 1.29 is 38.1 Å². The minimum Gasteiger partial charge on any atom is -0.464 e. The van der Waals surface area contributed by atoms with Gasteiger partial charge < -0.3 is 44.8 Å². The molecule has 0 bridgehead atoms. The Bertz CT molecular complexity index is 2820. The lowest BCUT2D eigenvalue weighted by molar-refractivity contribution is -0.135. The summed E-state index contributed by atoms with van der Waals surface area (Å²) in [6.07, 6.45) is 7.25. The Hall–Kier alpha value is -6.31. The molecular weight excluding hydrogens is 892 g/mol. The predicted molar refractivity (Wildman–Crippen MR) is 254 cm³/mol. The van der Waals surface area contributed by atoms with Crippen molar-refractivity contribution >= 4 is 40.3 Å². The van der Waals surface area contributed by atoms with E-state index in [0.29, 0.717) is 53.0 Å². The minimum atomic E-state index is -0.993. The number of aryl methyl sites for hydroxylation is 1. The predicted octanol–water partition coefficient (Wildman–Crippen LogP) is 8.46. The zero-order valence-electron chi connectivity index (χ0n) is 39.3. The van der Waals surface area contributed by atoms with Gasteiger partial charge in [-0.2, -0.15) is 0 Å². The topological polar surface area (TPSA) is 205 Å². The number of ether oxygens (including phenoxy) is 3. The molecule has 19 heteroatoms. The largest absolute Gasteiger partial charge is 0.464 e. The van der Waals surface area contributed by atoms with Crippen LogP contribution >= 0.6 is 11.3 Å². The maximum Gasteiger partial charge on any atom is 0.407 e. The van der Waals surface area contributed by atoms with E-state index in [1.807, 2.05) is 73.7 Å². The van der Waals surface area contributed by atoms with Crippen LogP contribution in [-0.2, 0) is 20.7 Å². The van der Waals surface area contributed by atoms with Crippen molar-refractivity contribution in [2.24, 2.45) is 11.8 Å². The summed E-state index contributed by atoms with van der Waals surface area (Å²) in [4.78, 5) is 63.8. The summed E-state index contributed by atoms with van der Waals surface area (Å²) in [5.41, 5.74) is 4.61. The number of aliphatic hydroxyl groups excluding tert-OH is 1. The molecular formula is C49H59FN10O7S. The number of nitrogens with zero attached hydrogens (tertiary/aromatic N) is 6. The average Bonchev–Trinajstić information content (AvgIpc) is 4.19. The van der Waals surface area contributed by atoms with Crippen LogP contribution in [0.3, 0.4) is 0 Å². The molecule has 0 saturated carbocycles. The van der Waals surface area contributed by atoms with E-state index in [-0.39, 0.29) is 29.8 Å². The molecule has 17 nitrogen and oxygen atoms in total. The van der Waals surface area contributed by atoms with Gasteiger partial charge in [-0.15, -0.1) is 11.3 Å². The van der Waals surface area contributed by atoms with Gasteiger partial charge in [0.15, 0.2) is 0 Å². The van der Waals surface area contributed by atoms with Gasteiger partial charge in [-0.3, -0.25) is 14.3 Å². The van der Waals surface area contributed by atoms with Crippen LogP contribution in [0.15, 0.2) is 55.0 Å². The normalized spacial score (nSPS) is 19.5. The molecule has 0 spiro atoms. The number of amides is 3. The van der Waals surface area contributed by atoms with E-state index in [1.54, 1.807) is 28.6 Å². The van der Waals surface area contributed by atoms with E-state index in [1.165, 1.54) is 20.3 Å². The average molecular weight is 951 g/mol. The fourth-order valence-corrected chi connectivity index (χ4v) is 11.0. The Morgan fingerprint density at radius 2 is 1.57 bits per heavy atom. The molecule has 0 aliphatic carbocycles. The monoisotopic (exact) mass is 950 g/mol. The molecule has 3 aliphatic heterocycles.